The van der Waals surface area contributed by atoms with Crippen LogP contribution < -0.4 is 0 Å². The second kappa shape index (κ2) is 2.95. The van der Waals surface area contributed by atoms with E-state index in [1.165, 1.54) is 6.33 Å². The fourth-order valence-electron chi connectivity index (χ4n) is 0.659. The van der Waals surface area contributed by atoms with Crippen LogP contribution in [0.4, 0.5) is 0 Å². The number of hydrogen-bond acceptors (Lipinski definition) is 2. The number of nitrogens with zero attached hydrogens (tertiary/aromatic N) is 2. The van der Waals surface area contributed by atoms with Crippen LogP contribution in [-0.4, -0.2) is 9.97 Å². The molecule has 0 fully saturated rings. The van der Waals surface area contributed by atoms with E-state index in [1.54, 1.807) is 6.07 Å². The highest BCUT2D eigenvalue weighted by Crippen LogP contribution is 2.26. The molecule has 0 radical (unpaired) electrons. The minimum Gasteiger partial charge on any atom is -0.239 e. The van der Waals surface area contributed by atoms with Crippen LogP contribution in [0.1, 0.15) is 19.5 Å². The van der Waals surface area contributed by atoms with Crippen molar-refractivity contribution in [1.29, 1.82) is 0 Å². The Morgan fingerprint density at radius 3 is 2.36 bits per heavy atom. The second-order valence-corrected chi connectivity index (χ2v) is 4.03. The van der Waals surface area contributed by atoms with Crippen LogP contribution in [0.2, 0.25) is 5.15 Å². The summed E-state index contributed by atoms with van der Waals surface area (Å²) in [6.45, 7) is 3.71. The van der Waals surface area contributed by atoms with Crippen molar-refractivity contribution in [2.45, 2.75) is 18.7 Å². The highest BCUT2D eigenvalue weighted by molar-refractivity contribution is 6.29. The van der Waals surface area contributed by atoms with Gasteiger partial charge >= 0.3 is 0 Å². The maximum absolute atomic E-state index is 5.98. The first kappa shape index (κ1) is 8.75. The van der Waals surface area contributed by atoms with E-state index >= 15 is 0 Å². The van der Waals surface area contributed by atoms with Crippen molar-refractivity contribution in [3.8, 4) is 0 Å². The molecule has 0 spiro atoms. The van der Waals surface area contributed by atoms with E-state index in [4.69, 9.17) is 23.2 Å². The van der Waals surface area contributed by atoms with Crippen molar-refractivity contribution < 1.29 is 0 Å². The molecule has 2 nitrogen and oxygen atoms in total. The molecule has 0 atom stereocenters. The van der Waals surface area contributed by atoms with Crippen LogP contribution in [0.25, 0.3) is 0 Å². The quantitative estimate of drug-likeness (QED) is 0.503. The zero-order valence-electron chi connectivity index (χ0n) is 6.31. The number of halogens is 2. The van der Waals surface area contributed by atoms with Crippen molar-refractivity contribution in [2.75, 3.05) is 0 Å². The molecule has 0 aliphatic carbocycles. The third-order valence-corrected chi connectivity index (χ3v) is 1.64. The summed E-state index contributed by atoms with van der Waals surface area (Å²) in [5.41, 5.74) is 0.735. The maximum Gasteiger partial charge on any atom is 0.132 e. The summed E-state index contributed by atoms with van der Waals surface area (Å²) in [6, 6.07) is 1.66. The van der Waals surface area contributed by atoms with E-state index in [1.807, 2.05) is 13.8 Å². The standard InChI is InChI=1S/C7H8Cl2N2/c1-7(2,9)5-3-6(8)11-4-10-5/h3-4H,1-2H3. The molecule has 0 N–H and O–H groups in total. The lowest BCUT2D eigenvalue weighted by Crippen LogP contribution is -2.09. The molecule has 4 heteroatoms. The molecule has 0 aromatic carbocycles. The van der Waals surface area contributed by atoms with Crippen LogP contribution in [-0.2, 0) is 4.87 Å². The fourth-order valence-corrected chi connectivity index (χ4v) is 0.909. The predicted molar refractivity (Wildman–Crippen MR) is 45.9 cm³/mol. The first-order chi connectivity index (χ1) is 5.00. The average Bonchev–Trinajstić information content (AvgIpc) is 1.86. The van der Waals surface area contributed by atoms with Gasteiger partial charge in [-0.2, -0.15) is 0 Å². The van der Waals surface area contributed by atoms with E-state index in [9.17, 15) is 0 Å². The van der Waals surface area contributed by atoms with Gasteiger partial charge in [-0.3, -0.25) is 0 Å². The monoisotopic (exact) mass is 190 g/mol. The molecule has 0 aliphatic rings. The third kappa shape index (κ3) is 2.31. The Morgan fingerprint density at radius 1 is 1.36 bits per heavy atom. The molecular weight excluding hydrogens is 183 g/mol. The van der Waals surface area contributed by atoms with Gasteiger partial charge < -0.3 is 0 Å². The number of hydrogen-bond donors (Lipinski definition) is 0. The molecule has 0 bridgehead atoms. The zero-order chi connectivity index (χ0) is 8.48. The van der Waals surface area contributed by atoms with E-state index in [2.05, 4.69) is 9.97 Å². The Labute approximate surface area is 75.6 Å². The van der Waals surface area contributed by atoms with Gasteiger partial charge in [0.25, 0.3) is 0 Å². The van der Waals surface area contributed by atoms with E-state index in [0.717, 1.165) is 5.69 Å². The molecule has 1 aromatic rings. The molecule has 0 unspecified atom stereocenters. The van der Waals surface area contributed by atoms with Gasteiger partial charge in [0.1, 0.15) is 11.5 Å². The molecule has 1 heterocycles. The molecule has 11 heavy (non-hydrogen) atoms. The van der Waals surface area contributed by atoms with Gasteiger partial charge in [-0.15, -0.1) is 11.6 Å². The summed E-state index contributed by atoms with van der Waals surface area (Å²) < 4.78 is 0. The van der Waals surface area contributed by atoms with Gasteiger partial charge in [0.05, 0.1) is 10.6 Å². The summed E-state index contributed by atoms with van der Waals surface area (Å²) in [5.74, 6) is 0. The molecule has 0 saturated carbocycles. The summed E-state index contributed by atoms with van der Waals surface area (Å²) >= 11 is 11.6. The average molecular weight is 191 g/mol. The van der Waals surface area contributed by atoms with Crippen molar-refractivity contribution in [1.82, 2.24) is 9.97 Å². The predicted octanol–water partition coefficient (Wildman–Crippen LogP) is 2.60. The van der Waals surface area contributed by atoms with Crippen molar-refractivity contribution in [3.05, 3.63) is 23.2 Å². The van der Waals surface area contributed by atoms with Crippen molar-refractivity contribution in [3.63, 3.8) is 0 Å². The molecule has 1 rings (SSSR count). The Kier molecular flexibility index (Phi) is 2.35. The van der Waals surface area contributed by atoms with Gasteiger partial charge in [0.2, 0.25) is 0 Å². The Bertz CT molecular complexity index is 255. The zero-order valence-corrected chi connectivity index (χ0v) is 7.82. The van der Waals surface area contributed by atoms with Crippen molar-refractivity contribution in [2.24, 2.45) is 0 Å². The lowest BCUT2D eigenvalue weighted by molar-refractivity contribution is 0.726. The highest BCUT2D eigenvalue weighted by Gasteiger charge is 2.18. The largest absolute Gasteiger partial charge is 0.239 e. The number of aromatic nitrogens is 2. The van der Waals surface area contributed by atoms with Crippen LogP contribution in [0.5, 0.6) is 0 Å². The molecular formula is C7H8Cl2N2. The van der Waals surface area contributed by atoms with Crippen LogP contribution in [0, 0.1) is 0 Å². The first-order valence-corrected chi connectivity index (χ1v) is 3.92. The third-order valence-electron chi connectivity index (χ3n) is 1.24. The number of alkyl halides is 1. The van der Waals surface area contributed by atoms with Crippen molar-refractivity contribution >= 4 is 23.2 Å². The van der Waals surface area contributed by atoms with Crippen LogP contribution in [0.3, 0.4) is 0 Å². The first-order valence-electron chi connectivity index (χ1n) is 3.17. The van der Waals surface area contributed by atoms with Crippen LogP contribution >= 0.6 is 23.2 Å². The SMILES string of the molecule is CC(C)(Cl)c1cc(Cl)ncn1. The fraction of sp³-hybridized carbons (Fsp3) is 0.429. The Balaban J connectivity index is 3.06. The van der Waals surface area contributed by atoms with E-state index in [-0.39, 0.29) is 0 Å². The van der Waals surface area contributed by atoms with Gasteiger partial charge in [0, 0.05) is 0 Å². The lowest BCUT2D eigenvalue weighted by atomic mass is 10.1. The molecule has 60 valence electrons. The van der Waals surface area contributed by atoms with Gasteiger partial charge in [-0.1, -0.05) is 11.6 Å². The smallest absolute Gasteiger partial charge is 0.132 e. The minimum absolute atomic E-state index is 0.420. The summed E-state index contributed by atoms with van der Waals surface area (Å²) in [5, 5.41) is 0.420. The molecule has 0 amide bonds. The normalized spacial score (nSPS) is 11.6. The summed E-state index contributed by atoms with van der Waals surface area (Å²) in [7, 11) is 0. The van der Waals surface area contributed by atoms with Gasteiger partial charge in [0.15, 0.2) is 0 Å². The lowest BCUT2D eigenvalue weighted by Gasteiger charge is -2.13. The Hall–Kier alpha value is -0.340. The number of rotatable bonds is 1. The minimum atomic E-state index is -0.480. The second-order valence-electron chi connectivity index (χ2n) is 2.70. The van der Waals surface area contributed by atoms with E-state index in [0.29, 0.717) is 5.15 Å². The maximum atomic E-state index is 5.98. The Morgan fingerprint density at radius 2 is 2.00 bits per heavy atom. The summed E-state index contributed by atoms with van der Waals surface area (Å²) in [6.07, 6.45) is 1.40. The highest BCUT2D eigenvalue weighted by atomic mass is 35.5. The van der Waals surface area contributed by atoms with Gasteiger partial charge in [-0.05, 0) is 19.9 Å². The molecule has 0 saturated heterocycles. The topological polar surface area (TPSA) is 25.8 Å². The van der Waals surface area contributed by atoms with Gasteiger partial charge in [-0.25, -0.2) is 9.97 Å². The van der Waals surface area contributed by atoms with E-state index < -0.39 is 4.87 Å². The van der Waals surface area contributed by atoms with Crippen LogP contribution in [0.15, 0.2) is 12.4 Å². The summed E-state index contributed by atoms with van der Waals surface area (Å²) in [4.78, 5) is 7.25. The molecule has 0 aliphatic heterocycles. The molecule has 1 aromatic heterocycles.